The highest BCUT2D eigenvalue weighted by Gasteiger charge is 2.33. The molecule has 0 amide bonds. The molecule has 2 unspecified atom stereocenters. The molecule has 156 valence electrons. The van der Waals surface area contributed by atoms with E-state index in [2.05, 4.69) is 79.7 Å². The van der Waals surface area contributed by atoms with Gasteiger partial charge in [0.25, 0.3) is 0 Å². The lowest BCUT2D eigenvalue weighted by Gasteiger charge is -2.26. The molecule has 2 atom stereocenters. The van der Waals surface area contributed by atoms with Gasteiger partial charge in [-0.15, -0.1) is 0 Å². The van der Waals surface area contributed by atoms with Gasteiger partial charge >= 0.3 is 0 Å². The second-order valence-corrected chi connectivity index (χ2v) is 9.27. The molecule has 31 heavy (non-hydrogen) atoms. The van der Waals surface area contributed by atoms with Crippen molar-refractivity contribution in [1.29, 1.82) is 0 Å². The number of rotatable bonds is 1. The van der Waals surface area contributed by atoms with Gasteiger partial charge in [0.2, 0.25) is 0 Å². The van der Waals surface area contributed by atoms with Gasteiger partial charge in [0.05, 0.1) is 13.2 Å². The lowest BCUT2D eigenvalue weighted by atomic mass is 9.85. The lowest BCUT2D eigenvalue weighted by Crippen LogP contribution is -2.29. The molecule has 1 aliphatic carbocycles. The first-order valence-electron chi connectivity index (χ1n) is 11.6. The lowest BCUT2D eigenvalue weighted by molar-refractivity contribution is 0.116. The topological polar surface area (TPSA) is 18.5 Å². The van der Waals surface area contributed by atoms with E-state index in [0.29, 0.717) is 25.0 Å². The Morgan fingerprint density at radius 2 is 1.19 bits per heavy atom. The summed E-state index contributed by atoms with van der Waals surface area (Å²) >= 11 is 0. The van der Waals surface area contributed by atoms with Crippen LogP contribution in [0.25, 0.3) is 32.7 Å². The number of hydrogen-bond acceptors (Lipinski definition) is 2. The van der Waals surface area contributed by atoms with Gasteiger partial charge in [0.1, 0.15) is 11.5 Å². The molecular weight excluding hydrogens is 380 g/mol. The maximum atomic E-state index is 6.62. The standard InChI is InChI=1S/C29H28O2/c1-19-7-6-12-23(19)22-17-30-26-15-13-20-8-2-4-10-24(20)28(26)29-25-11-5-3-9-21(25)14-16-27(29)31-18-22/h2-5,8-11,13-16,19,22-23H,6-7,12,17-18H2,1H3. The van der Waals surface area contributed by atoms with Crippen LogP contribution in [0.3, 0.4) is 0 Å². The number of hydrogen-bond donors (Lipinski definition) is 0. The first-order chi connectivity index (χ1) is 15.3. The predicted octanol–water partition coefficient (Wildman–Crippen LogP) is 7.48. The van der Waals surface area contributed by atoms with Crippen molar-refractivity contribution < 1.29 is 9.47 Å². The normalized spacial score (nSPS) is 21.5. The largest absolute Gasteiger partial charge is 0.492 e. The zero-order chi connectivity index (χ0) is 20.8. The van der Waals surface area contributed by atoms with Crippen molar-refractivity contribution in [2.75, 3.05) is 13.2 Å². The molecule has 4 aromatic carbocycles. The number of benzene rings is 4. The third kappa shape index (κ3) is 3.17. The van der Waals surface area contributed by atoms with Crippen LogP contribution < -0.4 is 9.47 Å². The Kier molecular flexibility index (Phi) is 4.60. The monoisotopic (exact) mass is 408 g/mol. The smallest absolute Gasteiger partial charge is 0.127 e. The summed E-state index contributed by atoms with van der Waals surface area (Å²) in [5.41, 5.74) is 2.31. The van der Waals surface area contributed by atoms with Crippen LogP contribution in [0.15, 0.2) is 72.8 Å². The molecule has 2 heteroatoms. The summed E-state index contributed by atoms with van der Waals surface area (Å²) < 4.78 is 13.2. The van der Waals surface area contributed by atoms with Crippen molar-refractivity contribution in [2.24, 2.45) is 17.8 Å². The average molecular weight is 409 g/mol. The highest BCUT2D eigenvalue weighted by molar-refractivity contribution is 6.09. The van der Waals surface area contributed by atoms with E-state index in [4.69, 9.17) is 9.47 Å². The molecule has 1 heterocycles. The summed E-state index contributed by atoms with van der Waals surface area (Å²) in [6.45, 7) is 3.83. The van der Waals surface area contributed by atoms with Crippen LogP contribution in [-0.2, 0) is 0 Å². The molecule has 2 aliphatic rings. The third-order valence-electron chi connectivity index (χ3n) is 7.47. The fourth-order valence-corrected chi connectivity index (χ4v) is 5.82. The summed E-state index contributed by atoms with van der Waals surface area (Å²) in [6.07, 6.45) is 3.93. The van der Waals surface area contributed by atoms with Gasteiger partial charge in [0, 0.05) is 17.0 Å². The Morgan fingerprint density at radius 1 is 0.645 bits per heavy atom. The summed E-state index contributed by atoms with van der Waals surface area (Å²) in [6, 6.07) is 25.9. The molecule has 4 aromatic rings. The summed E-state index contributed by atoms with van der Waals surface area (Å²) in [5.74, 6) is 3.76. The first-order valence-corrected chi connectivity index (χ1v) is 11.6. The Labute approximate surface area is 183 Å². The van der Waals surface area contributed by atoms with Crippen LogP contribution in [0, 0.1) is 17.8 Å². The van der Waals surface area contributed by atoms with Crippen LogP contribution in [-0.4, -0.2) is 13.2 Å². The Morgan fingerprint density at radius 3 is 1.71 bits per heavy atom. The Bertz CT molecular complexity index is 1170. The summed E-state index contributed by atoms with van der Waals surface area (Å²) in [4.78, 5) is 0. The predicted molar refractivity (Wildman–Crippen MR) is 128 cm³/mol. The van der Waals surface area contributed by atoms with Crippen molar-refractivity contribution in [3.63, 3.8) is 0 Å². The molecule has 0 spiro atoms. The maximum absolute atomic E-state index is 6.62. The molecule has 0 saturated heterocycles. The van der Waals surface area contributed by atoms with E-state index in [0.717, 1.165) is 28.5 Å². The minimum Gasteiger partial charge on any atom is -0.492 e. The van der Waals surface area contributed by atoms with Crippen molar-refractivity contribution in [3.05, 3.63) is 72.8 Å². The molecule has 0 bridgehead atoms. The molecular formula is C29H28O2. The van der Waals surface area contributed by atoms with E-state index >= 15 is 0 Å². The molecule has 1 fully saturated rings. The molecule has 0 radical (unpaired) electrons. The molecule has 0 N–H and O–H groups in total. The van der Waals surface area contributed by atoms with Gasteiger partial charge in [-0.2, -0.15) is 0 Å². The zero-order valence-corrected chi connectivity index (χ0v) is 18.0. The average Bonchev–Trinajstić information content (AvgIpc) is 3.26. The van der Waals surface area contributed by atoms with Gasteiger partial charge in [-0.25, -0.2) is 0 Å². The van der Waals surface area contributed by atoms with Gasteiger partial charge < -0.3 is 9.47 Å². The Balaban J connectivity index is 1.60. The van der Waals surface area contributed by atoms with Crippen molar-refractivity contribution >= 4 is 21.5 Å². The van der Waals surface area contributed by atoms with Crippen LogP contribution in [0.2, 0.25) is 0 Å². The quantitative estimate of drug-likeness (QED) is 0.325. The van der Waals surface area contributed by atoms with E-state index in [-0.39, 0.29) is 0 Å². The fraction of sp³-hybridized carbons (Fsp3) is 0.310. The fourth-order valence-electron chi connectivity index (χ4n) is 5.82. The maximum Gasteiger partial charge on any atom is 0.127 e. The van der Waals surface area contributed by atoms with E-state index in [9.17, 15) is 0 Å². The highest BCUT2D eigenvalue weighted by Crippen LogP contribution is 2.47. The van der Waals surface area contributed by atoms with E-state index < -0.39 is 0 Å². The van der Waals surface area contributed by atoms with Crippen LogP contribution in [0.5, 0.6) is 11.5 Å². The zero-order valence-electron chi connectivity index (χ0n) is 18.0. The van der Waals surface area contributed by atoms with Gasteiger partial charge in [0.15, 0.2) is 0 Å². The minimum absolute atomic E-state index is 0.411. The Hall–Kier alpha value is -3.00. The summed E-state index contributed by atoms with van der Waals surface area (Å²) in [7, 11) is 0. The second-order valence-electron chi connectivity index (χ2n) is 9.27. The van der Waals surface area contributed by atoms with Crippen molar-refractivity contribution in [2.45, 2.75) is 26.2 Å². The molecule has 1 saturated carbocycles. The number of ether oxygens (including phenoxy) is 2. The highest BCUT2D eigenvalue weighted by atomic mass is 16.5. The summed E-state index contributed by atoms with van der Waals surface area (Å²) in [5, 5.41) is 4.88. The van der Waals surface area contributed by atoms with Crippen molar-refractivity contribution in [3.8, 4) is 22.6 Å². The van der Waals surface area contributed by atoms with E-state index in [1.54, 1.807) is 0 Å². The molecule has 6 rings (SSSR count). The van der Waals surface area contributed by atoms with Crippen LogP contribution >= 0.6 is 0 Å². The van der Waals surface area contributed by atoms with E-state index in [1.165, 1.54) is 40.8 Å². The molecule has 2 nitrogen and oxygen atoms in total. The SMILES string of the molecule is CC1CCCC1C1COc2ccc3ccccc3c2-c2c(ccc3ccccc23)OC1. The molecule has 1 aliphatic heterocycles. The second kappa shape index (κ2) is 7.60. The van der Waals surface area contributed by atoms with Crippen LogP contribution in [0.1, 0.15) is 26.2 Å². The van der Waals surface area contributed by atoms with Crippen molar-refractivity contribution in [1.82, 2.24) is 0 Å². The van der Waals surface area contributed by atoms with Gasteiger partial charge in [-0.3, -0.25) is 0 Å². The number of fused-ring (bicyclic) bond motifs is 7. The van der Waals surface area contributed by atoms with Gasteiger partial charge in [-0.05, 0) is 51.9 Å². The minimum atomic E-state index is 0.411. The third-order valence-corrected chi connectivity index (χ3v) is 7.47. The van der Waals surface area contributed by atoms with Gasteiger partial charge in [-0.1, -0.05) is 80.4 Å². The first kappa shape index (κ1) is 18.7. The molecule has 0 aromatic heterocycles. The van der Waals surface area contributed by atoms with Crippen LogP contribution in [0.4, 0.5) is 0 Å². The van der Waals surface area contributed by atoms with E-state index in [1.807, 2.05) is 0 Å².